The fourth-order valence-corrected chi connectivity index (χ4v) is 2.42. The molecule has 8 nitrogen and oxygen atoms in total. The largest absolute Gasteiger partial charge is 0.573 e. The van der Waals surface area contributed by atoms with E-state index in [4.69, 9.17) is 0 Å². The molecule has 0 radical (unpaired) electrons. The first-order valence-corrected chi connectivity index (χ1v) is 7.93. The third-order valence-electron chi connectivity index (χ3n) is 3.66. The number of carbonyl (C=O) groups excluding carboxylic acids is 2. The van der Waals surface area contributed by atoms with Crippen LogP contribution < -0.4 is 10.1 Å². The molecule has 0 fully saturated rings. The fraction of sp³-hybridized carbons (Fsp3) is 0.176. The molecule has 0 aliphatic carbocycles. The molecule has 2 aromatic carbocycles. The predicted octanol–water partition coefficient (Wildman–Crippen LogP) is 2.57. The highest BCUT2D eigenvalue weighted by atomic mass is 19.4. The summed E-state index contributed by atoms with van der Waals surface area (Å²) < 4.78 is 40.2. The van der Waals surface area contributed by atoms with Crippen LogP contribution >= 0.6 is 0 Å². The average Bonchev–Trinajstić information content (AvgIpc) is 3.09. The van der Waals surface area contributed by atoms with Gasteiger partial charge in [-0.25, -0.2) is 0 Å². The SMILES string of the molecule is CN(CC(=O)Nc1ccc(OC(F)(F)F)cc1)C(=O)c1ccc2n[nH]nc2c1. The molecule has 3 rings (SSSR count). The van der Waals surface area contributed by atoms with Crippen LogP contribution in [0.4, 0.5) is 18.9 Å². The van der Waals surface area contributed by atoms with E-state index < -0.39 is 23.9 Å². The van der Waals surface area contributed by atoms with Crippen LogP contribution in [0.25, 0.3) is 11.0 Å². The summed E-state index contributed by atoms with van der Waals surface area (Å²) >= 11 is 0. The standard InChI is InChI=1S/C17H14F3N5O3/c1-25(16(27)10-2-7-13-14(8-10)23-24-22-13)9-15(26)21-11-3-5-12(6-4-11)28-17(18,19)20/h2-8H,9H2,1H3,(H,21,26)(H,22,23,24). The Morgan fingerprint density at radius 2 is 1.79 bits per heavy atom. The zero-order chi connectivity index (χ0) is 20.3. The average molecular weight is 393 g/mol. The van der Waals surface area contributed by atoms with Gasteiger partial charge in [0, 0.05) is 18.3 Å². The van der Waals surface area contributed by atoms with Gasteiger partial charge in [0.05, 0.1) is 6.54 Å². The smallest absolute Gasteiger partial charge is 0.406 e. The Kier molecular flexibility index (Phi) is 5.16. The molecule has 0 saturated carbocycles. The number of aromatic nitrogens is 3. The lowest BCUT2D eigenvalue weighted by Crippen LogP contribution is -2.34. The molecular weight excluding hydrogens is 379 g/mol. The van der Waals surface area contributed by atoms with Crippen LogP contribution in [-0.4, -0.2) is 52.1 Å². The minimum atomic E-state index is -4.79. The molecule has 0 atom stereocenters. The molecule has 146 valence electrons. The molecule has 0 spiro atoms. The lowest BCUT2D eigenvalue weighted by molar-refractivity contribution is -0.274. The summed E-state index contributed by atoms with van der Waals surface area (Å²) in [5.41, 5.74) is 1.73. The van der Waals surface area contributed by atoms with E-state index in [0.717, 1.165) is 12.1 Å². The Morgan fingerprint density at radius 3 is 2.46 bits per heavy atom. The van der Waals surface area contributed by atoms with Crippen molar-refractivity contribution in [2.45, 2.75) is 6.36 Å². The first kappa shape index (κ1) is 19.1. The number of fused-ring (bicyclic) bond motifs is 1. The molecule has 0 aliphatic heterocycles. The van der Waals surface area contributed by atoms with Gasteiger partial charge in [0.2, 0.25) is 5.91 Å². The molecule has 1 aromatic heterocycles. The van der Waals surface area contributed by atoms with E-state index >= 15 is 0 Å². The van der Waals surface area contributed by atoms with Crippen LogP contribution in [0.15, 0.2) is 42.5 Å². The molecule has 2 amide bonds. The van der Waals surface area contributed by atoms with E-state index in [1.165, 1.54) is 24.1 Å². The maximum absolute atomic E-state index is 12.4. The third-order valence-corrected chi connectivity index (χ3v) is 3.66. The lowest BCUT2D eigenvalue weighted by atomic mass is 10.2. The summed E-state index contributed by atoms with van der Waals surface area (Å²) in [5, 5.41) is 12.7. The second-order valence-electron chi connectivity index (χ2n) is 5.81. The van der Waals surface area contributed by atoms with Gasteiger partial charge in [-0.3, -0.25) is 9.59 Å². The highest BCUT2D eigenvalue weighted by molar-refractivity contribution is 6.00. The molecular formula is C17H14F3N5O3. The Bertz CT molecular complexity index is 1000. The summed E-state index contributed by atoms with van der Waals surface area (Å²) in [6.07, 6.45) is -4.79. The van der Waals surface area contributed by atoms with Crippen LogP contribution in [0, 0.1) is 0 Å². The van der Waals surface area contributed by atoms with Gasteiger partial charge in [0.1, 0.15) is 16.8 Å². The molecule has 0 bridgehead atoms. The molecule has 11 heteroatoms. The van der Waals surface area contributed by atoms with Gasteiger partial charge in [-0.15, -0.1) is 13.2 Å². The van der Waals surface area contributed by atoms with Crippen molar-refractivity contribution in [3.63, 3.8) is 0 Å². The number of ether oxygens (including phenoxy) is 1. The minimum Gasteiger partial charge on any atom is -0.406 e. The molecule has 28 heavy (non-hydrogen) atoms. The summed E-state index contributed by atoms with van der Waals surface area (Å²) in [7, 11) is 1.45. The topological polar surface area (TPSA) is 100 Å². The van der Waals surface area contributed by atoms with E-state index in [2.05, 4.69) is 25.5 Å². The first-order valence-electron chi connectivity index (χ1n) is 7.93. The van der Waals surface area contributed by atoms with Crippen LogP contribution in [0.1, 0.15) is 10.4 Å². The number of nitrogens with zero attached hydrogens (tertiary/aromatic N) is 3. The zero-order valence-corrected chi connectivity index (χ0v) is 14.4. The minimum absolute atomic E-state index is 0.253. The van der Waals surface area contributed by atoms with Gasteiger partial charge in [-0.2, -0.15) is 15.4 Å². The number of hydrogen-bond acceptors (Lipinski definition) is 5. The van der Waals surface area contributed by atoms with E-state index in [1.54, 1.807) is 18.2 Å². The zero-order valence-electron chi connectivity index (χ0n) is 14.4. The number of halogens is 3. The Labute approximate surface area is 156 Å². The number of nitrogens with one attached hydrogen (secondary N) is 2. The van der Waals surface area contributed by atoms with E-state index in [1.807, 2.05) is 0 Å². The van der Waals surface area contributed by atoms with Crippen molar-refractivity contribution in [3.05, 3.63) is 48.0 Å². The highest BCUT2D eigenvalue weighted by Crippen LogP contribution is 2.24. The van der Waals surface area contributed by atoms with Crippen molar-refractivity contribution in [2.75, 3.05) is 18.9 Å². The van der Waals surface area contributed by atoms with Gasteiger partial charge in [0.25, 0.3) is 5.91 Å². The number of rotatable bonds is 5. The van der Waals surface area contributed by atoms with Gasteiger partial charge < -0.3 is 15.0 Å². The predicted molar refractivity (Wildman–Crippen MR) is 92.6 cm³/mol. The van der Waals surface area contributed by atoms with Crippen LogP contribution in [-0.2, 0) is 4.79 Å². The molecule has 3 aromatic rings. The highest BCUT2D eigenvalue weighted by Gasteiger charge is 2.31. The molecule has 0 saturated heterocycles. The van der Waals surface area contributed by atoms with Crippen molar-refractivity contribution >= 4 is 28.5 Å². The van der Waals surface area contributed by atoms with Crippen molar-refractivity contribution < 1.29 is 27.5 Å². The number of alkyl halides is 3. The van der Waals surface area contributed by atoms with Crippen molar-refractivity contribution in [3.8, 4) is 5.75 Å². The number of amides is 2. The summed E-state index contributed by atoms with van der Waals surface area (Å²) in [4.78, 5) is 25.7. The van der Waals surface area contributed by atoms with E-state index in [9.17, 15) is 22.8 Å². The van der Waals surface area contributed by atoms with Crippen molar-refractivity contribution in [2.24, 2.45) is 0 Å². The number of H-pyrrole nitrogens is 1. The summed E-state index contributed by atoms with van der Waals surface area (Å²) in [6, 6.07) is 9.43. The number of anilines is 1. The maximum atomic E-state index is 12.4. The van der Waals surface area contributed by atoms with Gasteiger partial charge >= 0.3 is 6.36 Å². The normalized spacial score (nSPS) is 11.3. The molecule has 0 aliphatic rings. The maximum Gasteiger partial charge on any atom is 0.573 e. The Balaban J connectivity index is 1.58. The number of benzene rings is 2. The van der Waals surface area contributed by atoms with Crippen LogP contribution in [0.2, 0.25) is 0 Å². The van der Waals surface area contributed by atoms with Crippen molar-refractivity contribution in [1.82, 2.24) is 20.3 Å². The number of carbonyl (C=O) groups is 2. The monoisotopic (exact) mass is 393 g/mol. The van der Waals surface area contributed by atoms with Gasteiger partial charge in [-0.1, -0.05) is 0 Å². The second kappa shape index (κ2) is 7.55. The number of hydrogen-bond donors (Lipinski definition) is 2. The van der Waals surface area contributed by atoms with E-state index in [-0.39, 0.29) is 12.2 Å². The Hall–Kier alpha value is -3.63. The van der Waals surface area contributed by atoms with Gasteiger partial charge in [-0.05, 0) is 42.5 Å². The first-order chi connectivity index (χ1) is 13.2. The summed E-state index contributed by atoms with van der Waals surface area (Å²) in [5.74, 6) is -1.31. The number of aromatic amines is 1. The third kappa shape index (κ3) is 4.75. The lowest BCUT2D eigenvalue weighted by Gasteiger charge is -2.17. The summed E-state index contributed by atoms with van der Waals surface area (Å²) in [6.45, 7) is -0.253. The van der Waals surface area contributed by atoms with Crippen LogP contribution in [0.3, 0.4) is 0 Å². The fourth-order valence-electron chi connectivity index (χ4n) is 2.42. The molecule has 1 heterocycles. The van der Waals surface area contributed by atoms with Crippen molar-refractivity contribution in [1.29, 1.82) is 0 Å². The van der Waals surface area contributed by atoms with Gasteiger partial charge in [0.15, 0.2) is 0 Å². The Morgan fingerprint density at radius 1 is 1.11 bits per heavy atom. The molecule has 2 N–H and O–H groups in total. The van der Waals surface area contributed by atoms with E-state index in [0.29, 0.717) is 16.6 Å². The van der Waals surface area contributed by atoms with Crippen LogP contribution in [0.5, 0.6) is 5.75 Å². The molecule has 0 unspecified atom stereocenters. The quantitative estimate of drug-likeness (QED) is 0.694. The second-order valence-corrected chi connectivity index (χ2v) is 5.81. The number of likely N-dealkylation sites (N-methyl/N-ethyl adjacent to an activating group) is 1.